The molecule has 1 aliphatic heterocycles. The Morgan fingerprint density at radius 1 is 1.02 bits per heavy atom. The topological polar surface area (TPSA) is 75.0 Å². The van der Waals surface area contributed by atoms with E-state index in [1.807, 2.05) is 38.3 Å². The molecule has 1 aromatic carbocycles. The quantitative estimate of drug-likeness (QED) is 0.215. The molecule has 0 saturated carbocycles. The molecule has 0 aliphatic carbocycles. The van der Waals surface area contributed by atoms with Crippen molar-refractivity contribution in [2.45, 2.75) is 71.9 Å². The second-order valence-corrected chi connectivity index (χ2v) is 19.6. The van der Waals surface area contributed by atoms with Crippen LogP contribution in [0, 0.1) is 18.6 Å². The Kier molecular flexibility index (Phi) is 8.70. The fraction of sp³-hybridized carbons (Fsp3) is 0.500. The molecule has 0 atom stereocenters. The number of likely N-dealkylation sites (N-methyl/N-ethyl adjacent to an activating group) is 1. The second-order valence-electron chi connectivity index (χ2n) is 13.9. The number of nitrogens with zero attached hydrogens (tertiary/aromatic N) is 7. The normalized spacial score (nSPS) is 14.5. The lowest BCUT2D eigenvalue weighted by Crippen LogP contribution is -2.38. The number of halogens is 2. The van der Waals surface area contributed by atoms with E-state index in [4.69, 9.17) is 4.98 Å². The first-order chi connectivity index (χ1) is 20.2. The number of pyridine rings is 1. The minimum absolute atomic E-state index is 0.0148. The van der Waals surface area contributed by atoms with Gasteiger partial charge in [0.1, 0.15) is 22.9 Å². The Labute approximate surface area is 254 Å². The molecule has 230 valence electrons. The molecule has 4 heterocycles. The van der Waals surface area contributed by atoms with Crippen LogP contribution in [-0.4, -0.2) is 75.6 Å². The molecule has 5 rings (SSSR count). The molecule has 1 N–H and O–H groups in total. The van der Waals surface area contributed by atoms with Crippen molar-refractivity contribution in [1.29, 1.82) is 0 Å². The van der Waals surface area contributed by atoms with Gasteiger partial charge in [-0.15, -0.1) is 0 Å². The zero-order chi connectivity index (χ0) is 31.1. The van der Waals surface area contributed by atoms with Crippen molar-refractivity contribution in [3.8, 4) is 11.3 Å². The van der Waals surface area contributed by atoms with Crippen LogP contribution in [-0.2, 0) is 18.5 Å². The van der Waals surface area contributed by atoms with Crippen LogP contribution < -0.4 is 5.32 Å². The van der Waals surface area contributed by atoms with Crippen molar-refractivity contribution in [3.63, 3.8) is 0 Å². The van der Waals surface area contributed by atoms with Gasteiger partial charge in [-0.05, 0) is 71.1 Å². The molecule has 0 radical (unpaired) electrons. The molecule has 0 saturated heterocycles. The molecule has 0 bridgehead atoms. The summed E-state index contributed by atoms with van der Waals surface area (Å²) in [6.07, 6.45) is 1.97. The summed E-state index contributed by atoms with van der Waals surface area (Å²) in [5, 5.41) is 3.13. The molecule has 1 aliphatic rings. The highest BCUT2D eigenvalue weighted by atomic mass is 28.3. The number of rotatable bonds is 9. The third-order valence-corrected chi connectivity index (χ3v) is 9.70. The lowest BCUT2D eigenvalue weighted by atomic mass is 10.1. The number of fused-ring (bicyclic) bond motifs is 2. The predicted molar refractivity (Wildman–Crippen MR) is 173 cm³/mol. The molecular formula is C32H44F2N8Si. The zero-order valence-electron chi connectivity index (χ0n) is 26.7. The van der Waals surface area contributed by atoms with Crippen LogP contribution in [0.2, 0.25) is 25.7 Å². The van der Waals surface area contributed by atoms with E-state index in [2.05, 4.69) is 62.8 Å². The lowest BCUT2D eigenvalue weighted by Gasteiger charge is -2.30. The highest BCUT2D eigenvalue weighted by Crippen LogP contribution is 2.32. The number of aromatic nitrogens is 5. The van der Waals surface area contributed by atoms with Gasteiger partial charge in [0.15, 0.2) is 11.6 Å². The summed E-state index contributed by atoms with van der Waals surface area (Å²) in [7, 11) is 1.19. The molecule has 0 amide bonds. The first kappa shape index (κ1) is 31.2. The van der Waals surface area contributed by atoms with Crippen LogP contribution in [0.1, 0.15) is 37.9 Å². The fourth-order valence-electron chi connectivity index (χ4n) is 5.66. The highest BCUT2D eigenvalue weighted by molar-refractivity contribution is 6.76. The number of aryl methyl sites for hydroxylation is 1. The number of hydrogen-bond acceptors (Lipinski definition) is 7. The lowest BCUT2D eigenvalue weighted by molar-refractivity contribution is 0.213. The fourth-order valence-corrected chi connectivity index (χ4v) is 6.72. The number of imidazole rings is 1. The summed E-state index contributed by atoms with van der Waals surface area (Å²) in [6, 6.07) is 8.34. The van der Waals surface area contributed by atoms with E-state index in [-0.39, 0.29) is 22.7 Å². The molecule has 43 heavy (non-hydrogen) atoms. The Hall–Kier alpha value is -3.28. The van der Waals surface area contributed by atoms with E-state index in [0.717, 1.165) is 51.0 Å². The van der Waals surface area contributed by atoms with Gasteiger partial charge in [0.2, 0.25) is 5.95 Å². The number of hydrogen-bond donors (Lipinski definition) is 1. The van der Waals surface area contributed by atoms with Gasteiger partial charge >= 0.3 is 0 Å². The SMILES string of the molecule is Cc1nc2c(F)cc(-c3nc(Nc4ccc5c(n4)CCN(CCN(C)CC[Si](C)(C)C)C5)ncc3F)cc2n1C(C)(C)C. The third kappa shape index (κ3) is 7.27. The highest BCUT2D eigenvalue weighted by Gasteiger charge is 2.24. The maximum absolute atomic E-state index is 15.2. The molecule has 0 unspecified atom stereocenters. The van der Waals surface area contributed by atoms with Crippen LogP contribution in [0.15, 0.2) is 30.5 Å². The van der Waals surface area contributed by atoms with Crippen molar-refractivity contribution in [3.05, 3.63) is 59.2 Å². The average molecular weight is 607 g/mol. The largest absolute Gasteiger partial charge is 0.323 e. The zero-order valence-corrected chi connectivity index (χ0v) is 27.7. The smallest absolute Gasteiger partial charge is 0.229 e. The van der Waals surface area contributed by atoms with Crippen LogP contribution in [0.5, 0.6) is 0 Å². The molecule has 8 nitrogen and oxygen atoms in total. The summed E-state index contributed by atoms with van der Waals surface area (Å²) in [5.41, 5.74) is 3.13. The Bertz CT molecular complexity index is 1620. The maximum atomic E-state index is 15.2. The standard InChI is InChI=1S/C32H44F2N8Si/c1-21-36-30-24(33)17-23(18-27(30)42(21)32(2,3)4)29-25(34)19-35-31(39-29)38-28-10-9-22-20-41(12-11-26(22)37-28)14-13-40(5)15-16-43(6,7)8/h9-10,17-19H,11-16,20H2,1-8H3,(H,35,37,38,39). The predicted octanol–water partition coefficient (Wildman–Crippen LogP) is 6.60. The Morgan fingerprint density at radius 3 is 2.51 bits per heavy atom. The van der Waals surface area contributed by atoms with E-state index >= 15 is 8.78 Å². The Balaban J connectivity index is 1.30. The second kappa shape index (κ2) is 12.0. The van der Waals surface area contributed by atoms with Crippen LogP contribution in [0.25, 0.3) is 22.3 Å². The van der Waals surface area contributed by atoms with E-state index in [9.17, 15) is 0 Å². The maximum Gasteiger partial charge on any atom is 0.229 e. The first-order valence-corrected chi connectivity index (χ1v) is 18.8. The van der Waals surface area contributed by atoms with Crippen LogP contribution in [0.4, 0.5) is 20.5 Å². The van der Waals surface area contributed by atoms with E-state index in [1.165, 1.54) is 17.7 Å². The monoisotopic (exact) mass is 606 g/mol. The van der Waals surface area contributed by atoms with Gasteiger partial charge in [0.05, 0.1) is 11.7 Å². The summed E-state index contributed by atoms with van der Waals surface area (Å²) in [5.74, 6) is 0.334. The summed E-state index contributed by atoms with van der Waals surface area (Å²) < 4.78 is 32.1. The van der Waals surface area contributed by atoms with Gasteiger partial charge in [0.25, 0.3) is 0 Å². The van der Waals surface area contributed by atoms with Crippen molar-refractivity contribution in [2.75, 3.05) is 38.5 Å². The van der Waals surface area contributed by atoms with Crippen molar-refractivity contribution in [2.24, 2.45) is 0 Å². The number of nitrogens with one attached hydrogen (secondary N) is 1. The molecule has 11 heteroatoms. The van der Waals surface area contributed by atoms with Gasteiger partial charge in [-0.25, -0.2) is 28.7 Å². The van der Waals surface area contributed by atoms with Crippen molar-refractivity contribution in [1.82, 2.24) is 34.3 Å². The van der Waals surface area contributed by atoms with E-state index < -0.39 is 19.7 Å². The van der Waals surface area contributed by atoms with Crippen molar-refractivity contribution >= 4 is 30.9 Å². The molecule has 4 aromatic rings. The molecular weight excluding hydrogens is 562 g/mol. The minimum atomic E-state index is -1.03. The van der Waals surface area contributed by atoms with Gasteiger partial charge in [-0.1, -0.05) is 25.7 Å². The summed E-state index contributed by atoms with van der Waals surface area (Å²) >= 11 is 0. The van der Waals surface area contributed by atoms with Crippen LogP contribution in [0.3, 0.4) is 0 Å². The Morgan fingerprint density at radius 2 is 1.79 bits per heavy atom. The van der Waals surface area contributed by atoms with Crippen LogP contribution >= 0.6 is 0 Å². The van der Waals surface area contributed by atoms with Gasteiger partial charge in [-0.3, -0.25) is 4.90 Å². The van der Waals surface area contributed by atoms with Gasteiger partial charge in [-0.2, -0.15) is 0 Å². The molecule has 0 fully saturated rings. The van der Waals surface area contributed by atoms with E-state index in [1.54, 1.807) is 6.07 Å². The average Bonchev–Trinajstić information content (AvgIpc) is 3.28. The van der Waals surface area contributed by atoms with Crippen molar-refractivity contribution < 1.29 is 8.78 Å². The van der Waals surface area contributed by atoms with Gasteiger partial charge in [0, 0.05) is 57.5 Å². The third-order valence-electron chi connectivity index (χ3n) is 7.98. The first-order valence-electron chi connectivity index (χ1n) is 15.1. The summed E-state index contributed by atoms with van der Waals surface area (Å²) in [6.45, 7) is 20.3. The van der Waals surface area contributed by atoms with Gasteiger partial charge < -0.3 is 14.8 Å². The minimum Gasteiger partial charge on any atom is -0.323 e. The van der Waals surface area contributed by atoms with E-state index in [0.29, 0.717) is 22.7 Å². The molecule has 0 spiro atoms. The molecule has 3 aromatic heterocycles. The summed E-state index contributed by atoms with van der Waals surface area (Å²) in [4.78, 5) is 22.8. The number of benzene rings is 1. The number of anilines is 2.